The highest BCUT2D eigenvalue weighted by molar-refractivity contribution is 5.80. The van der Waals surface area contributed by atoms with Crippen LogP contribution in [0.4, 0.5) is 8.78 Å². The Bertz CT molecular complexity index is 373. The summed E-state index contributed by atoms with van der Waals surface area (Å²) in [4.78, 5) is 6.19. The molecule has 0 aromatic heterocycles. The molecular formula is C17H32F2N4. The molecule has 2 aliphatic rings. The summed E-state index contributed by atoms with van der Waals surface area (Å²) in [6.07, 6.45) is 6.06. The molecule has 23 heavy (non-hydrogen) atoms. The number of aliphatic imine (C=N–C) groups is 1. The average Bonchev–Trinajstić information content (AvgIpc) is 3.02. The van der Waals surface area contributed by atoms with E-state index >= 15 is 0 Å². The molecule has 2 rings (SSSR count). The monoisotopic (exact) mass is 330 g/mol. The van der Waals surface area contributed by atoms with Crippen molar-refractivity contribution in [3.63, 3.8) is 0 Å². The number of nitrogens with zero attached hydrogens (tertiary/aromatic N) is 2. The summed E-state index contributed by atoms with van der Waals surface area (Å²) in [5.41, 5.74) is 0.429. The fourth-order valence-corrected chi connectivity index (χ4v) is 3.89. The minimum atomic E-state index is -2.23. The van der Waals surface area contributed by atoms with Crippen molar-refractivity contribution < 1.29 is 8.78 Å². The van der Waals surface area contributed by atoms with E-state index in [1.807, 2.05) is 4.90 Å². The van der Waals surface area contributed by atoms with Crippen molar-refractivity contribution in [3.05, 3.63) is 0 Å². The third-order valence-electron chi connectivity index (χ3n) is 5.59. The van der Waals surface area contributed by atoms with Gasteiger partial charge in [0.05, 0.1) is 6.54 Å². The zero-order chi connectivity index (χ0) is 16.7. The second-order valence-electron chi connectivity index (χ2n) is 7.10. The van der Waals surface area contributed by atoms with Gasteiger partial charge in [-0.15, -0.1) is 0 Å². The number of piperidine rings is 1. The van der Waals surface area contributed by atoms with Crippen molar-refractivity contribution >= 4 is 5.96 Å². The van der Waals surface area contributed by atoms with Gasteiger partial charge in [0.15, 0.2) is 5.96 Å². The smallest absolute Gasteiger partial charge is 0.251 e. The van der Waals surface area contributed by atoms with E-state index in [-0.39, 0.29) is 6.54 Å². The third kappa shape index (κ3) is 5.59. The Morgan fingerprint density at radius 2 is 1.91 bits per heavy atom. The van der Waals surface area contributed by atoms with Gasteiger partial charge in [0.1, 0.15) is 0 Å². The molecule has 1 aliphatic carbocycles. The third-order valence-corrected chi connectivity index (χ3v) is 5.59. The number of hydrogen-bond donors (Lipinski definition) is 2. The van der Waals surface area contributed by atoms with Gasteiger partial charge in [-0.05, 0) is 37.5 Å². The highest BCUT2D eigenvalue weighted by Gasteiger charge is 2.32. The predicted octanol–water partition coefficient (Wildman–Crippen LogP) is 2.85. The lowest BCUT2D eigenvalue weighted by Crippen LogP contribution is -2.50. The van der Waals surface area contributed by atoms with Gasteiger partial charge in [0.25, 0.3) is 6.43 Å². The molecule has 2 fully saturated rings. The van der Waals surface area contributed by atoms with Crippen molar-refractivity contribution in [3.8, 4) is 0 Å². The van der Waals surface area contributed by atoms with Crippen LogP contribution in [0.1, 0.15) is 51.9 Å². The van der Waals surface area contributed by atoms with Gasteiger partial charge in [-0.3, -0.25) is 9.89 Å². The van der Waals surface area contributed by atoms with Crippen LogP contribution in [-0.2, 0) is 0 Å². The summed E-state index contributed by atoms with van der Waals surface area (Å²) in [6, 6.07) is 0.330. The lowest BCUT2D eigenvalue weighted by Gasteiger charge is -2.34. The molecule has 0 spiro atoms. The van der Waals surface area contributed by atoms with E-state index in [1.165, 1.54) is 32.1 Å². The number of likely N-dealkylation sites (tertiary alicyclic amines) is 1. The number of rotatable bonds is 6. The van der Waals surface area contributed by atoms with Gasteiger partial charge < -0.3 is 10.6 Å². The largest absolute Gasteiger partial charge is 0.356 e. The minimum Gasteiger partial charge on any atom is -0.356 e. The zero-order valence-electron chi connectivity index (χ0n) is 14.6. The fourth-order valence-electron chi connectivity index (χ4n) is 3.89. The van der Waals surface area contributed by atoms with E-state index < -0.39 is 6.43 Å². The summed E-state index contributed by atoms with van der Waals surface area (Å²) >= 11 is 0. The molecule has 6 heteroatoms. The quantitative estimate of drug-likeness (QED) is 0.581. The number of nitrogens with one attached hydrogen (secondary N) is 2. The Balaban J connectivity index is 1.73. The van der Waals surface area contributed by atoms with E-state index in [9.17, 15) is 8.78 Å². The summed E-state index contributed by atoms with van der Waals surface area (Å²) < 4.78 is 24.8. The van der Waals surface area contributed by atoms with Crippen LogP contribution >= 0.6 is 0 Å². The number of hydrogen-bond acceptors (Lipinski definition) is 2. The molecule has 2 N–H and O–H groups in total. The zero-order valence-corrected chi connectivity index (χ0v) is 14.6. The standard InChI is InChI=1S/C17H32F2N4/c1-3-17(8-4-5-9-17)13-21-16(20-2)22-14-6-10-23(11-7-14)12-15(18)19/h14-15H,3-13H2,1-2H3,(H2,20,21,22). The molecule has 4 nitrogen and oxygen atoms in total. The maximum atomic E-state index is 12.4. The van der Waals surface area contributed by atoms with Crippen molar-refractivity contribution in [2.45, 2.75) is 64.3 Å². The van der Waals surface area contributed by atoms with Crippen LogP contribution in [0.25, 0.3) is 0 Å². The van der Waals surface area contributed by atoms with Crippen LogP contribution in [0.3, 0.4) is 0 Å². The molecular weight excluding hydrogens is 298 g/mol. The van der Waals surface area contributed by atoms with Crippen LogP contribution < -0.4 is 10.6 Å². The van der Waals surface area contributed by atoms with Crippen LogP contribution in [0, 0.1) is 5.41 Å². The van der Waals surface area contributed by atoms with Gasteiger partial charge in [-0.25, -0.2) is 8.78 Å². The van der Waals surface area contributed by atoms with Crippen molar-refractivity contribution in [2.24, 2.45) is 10.4 Å². The Labute approximate surface area is 139 Å². The van der Waals surface area contributed by atoms with E-state index in [4.69, 9.17) is 0 Å². The Hall–Kier alpha value is -0.910. The maximum Gasteiger partial charge on any atom is 0.251 e. The Morgan fingerprint density at radius 1 is 1.26 bits per heavy atom. The van der Waals surface area contributed by atoms with Gasteiger partial charge >= 0.3 is 0 Å². The van der Waals surface area contributed by atoms with Crippen LogP contribution in [0.5, 0.6) is 0 Å². The minimum absolute atomic E-state index is 0.0985. The lowest BCUT2D eigenvalue weighted by atomic mass is 9.83. The molecule has 0 amide bonds. The van der Waals surface area contributed by atoms with Crippen molar-refractivity contribution in [1.82, 2.24) is 15.5 Å². The van der Waals surface area contributed by atoms with E-state index in [2.05, 4.69) is 22.5 Å². The van der Waals surface area contributed by atoms with Gasteiger partial charge in [-0.1, -0.05) is 19.8 Å². The summed E-state index contributed by atoms with van der Waals surface area (Å²) in [5, 5.41) is 6.97. The maximum absolute atomic E-state index is 12.4. The van der Waals surface area contributed by atoms with Crippen molar-refractivity contribution in [2.75, 3.05) is 33.2 Å². The first-order valence-corrected chi connectivity index (χ1v) is 9.04. The topological polar surface area (TPSA) is 39.7 Å². The van der Waals surface area contributed by atoms with E-state index in [1.54, 1.807) is 7.05 Å². The first-order chi connectivity index (χ1) is 11.1. The molecule has 1 heterocycles. The van der Waals surface area contributed by atoms with Gasteiger partial charge in [0.2, 0.25) is 0 Å². The second-order valence-corrected chi connectivity index (χ2v) is 7.10. The number of guanidine groups is 1. The molecule has 0 bridgehead atoms. The Kier molecular flexibility index (Phi) is 7.06. The molecule has 1 aliphatic heterocycles. The van der Waals surface area contributed by atoms with Crippen LogP contribution in [0.2, 0.25) is 0 Å². The Morgan fingerprint density at radius 3 is 2.43 bits per heavy atom. The first kappa shape index (κ1) is 18.4. The second kappa shape index (κ2) is 8.81. The van der Waals surface area contributed by atoms with Crippen molar-refractivity contribution in [1.29, 1.82) is 0 Å². The summed E-state index contributed by atoms with van der Waals surface area (Å²) in [5.74, 6) is 0.858. The number of halogens is 2. The van der Waals surface area contributed by atoms with Gasteiger partial charge in [-0.2, -0.15) is 0 Å². The number of alkyl halides is 2. The van der Waals surface area contributed by atoms with Crippen LogP contribution in [0.15, 0.2) is 4.99 Å². The molecule has 134 valence electrons. The molecule has 0 aromatic rings. The SMILES string of the molecule is CCC1(CNC(=NC)NC2CCN(CC(F)F)CC2)CCCC1. The van der Waals surface area contributed by atoms with Gasteiger partial charge in [0, 0.05) is 32.7 Å². The van der Waals surface area contributed by atoms with E-state index in [0.29, 0.717) is 11.5 Å². The molecule has 0 aromatic carbocycles. The van der Waals surface area contributed by atoms with Crippen LogP contribution in [-0.4, -0.2) is 56.6 Å². The lowest BCUT2D eigenvalue weighted by molar-refractivity contribution is 0.0744. The highest BCUT2D eigenvalue weighted by Crippen LogP contribution is 2.40. The molecule has 1 saturated carbocycles. The summed E-state index contributed by atoms with van der Waals surface area (Å²) in [7, 11) is 1.80. The average molecular weight is 330 g/mol. The molecule has 1 saturated heterocycles. The molecule has 0 atom stereocenters. The fraction of sp³-hybridized carbons (Fsp3) is 0.941. The van der Waals surface area contributed by atoms with E-state index in [0.717, 1.165) is 38.4 Å². The predicted molar refractivity (Wildman–Crippen MR) is 91.2 cm³/mol. The first-order valence-electron chi connectivity index (χ1n) is 9.04. The summed E-state index contributed by atoms with van der Waals surface area (Å²) in [6.45, 7) is 4.63. The highest BCUT2D eigenvalue weighted by atomic mass is 19.3. The molecule has 0 radical (unpaired) electrons. The molecule has 0 unspecified atom stereocenters. The normalized spacial score (nSPS) is 23.4.